The fraction of sp³-hybridized carbons (Fsp3) is 0.190. The third kappa shape index (κ3) is 4.26. The molecule has 150 valence electrons. The van der Waals surface area contributed by atoms with E-state index < -0.39 is 18.4 Å². The number of hydrogen-bond donors (Lipinski definition) is 3. The molecule has 0 saturated heterocycles. The van der Waals surface area contributed by atoms with Gasteiger partial charge in [-0.05, 0) is 31.5 Å². The molecule has 0 bridgehead atoms. The molecule has 2 aromatic carbocycles. The Balaban J connectivity index is 2.12. The number of benzene rings is 2. The summed E-state index contributed by atoms with van der Waals surface area (Å²) in [6.45, 7) is 3.35. The Hall–Kier alpha value is -2.90. The topological polar surface area (TPSA) is 91.6 Å². The number of hydrogen-bond acceptors (Lipinski definition) is 4. The van der Waals surface area contributed by atoms with Gasteiger partial charge in [0.2, 0.25) is 5.91 Å². The Labute approximate surface area is 177 Å². The fourth-order valence-electron chi connectivity index (χ4n) is 3.20. The summed E-state index contributed by atoms with van der Waals surface area (Å²) in [7, 11) is 0. The SMILES string of the molecule is Cc1ccc(C(=S)n2c(C)c(CC(=O)NCC(=O)O)c3cc(O)c(Cl)cc32)cc1. The zero-order chi connectivity index (χ0) is 21.3. The van der Waals surface area contributed by atoms with Crippen molar-refractivity contribution < 1.29 is 19.8 Å². The summed E-state index contributed by atoms with van der Waals surface area (Å²) in [5.41, 5.74) is 3.96. The maximum Gasteiger partial charge on any atom is 0.322 e. The summed E-state index contributed by atoms with van der Waals surface area (Å²) in [5.74, 6) is -1.67. The van der Waals surface area contributed by atoms with E-state index in [0.717, 1.165) is 16.8 Å². The molecule has 0 aliphatic carbocycles. The molecule has 0 spiro atoms. The molecular weight excluding hydrogens is 412 g/mol. The van der Waals surface area contributed by atoms with Gasteiger partial charge < -0.3 is 20.1 Å². The van der Waals surface area contributed by atoms with Gasteiger partial charge in [-0.25, -0.2) is 0 Å². The standard InChI is InChI=1S/C21H19ClN2O4S/c1-11-3-5-13(6-4-11)21(29)24-12(2)14(8-19(26)23-10-20(27)28)15-7-18(25)16(22)9-17(15)24/h3-7,9,25H,8,10H2,1-2H3,(H,23,26)(H,27,28). The highest BCUT2D eigenvalue weighted by Gasteiger charge is 2.21. The Morgan fingerprint density at radius 3 is 2.45 bits per heavy atom. The lowest BCUT2D eigenvalue weighted by atomic mass is 10.1. The molecule has 0 unspecified atom stereocenters. The molecule has 1 heterocycles. The Bertz CT molecular complexity index is 1140. The number of phenolic OH excluding ortho intramolecular Hbond substituents is 1. The highest BCUT2D eigenvalue weighted by Crippen LogP contribution is 2.35. The number of aryl methyl sites for hydroxylation is 1. The van der Waals surface area contributed by atoms with Gasteiger partial charge in [0.1, 0.15) is 17.3 Å². The number of aromatic hydroxyl groups is 1. The zero-order valence-electron chi connectivity index (χ0n) is 15.8. The second kappa shape index (κ2) is 8.23. The first-order valence-electron chi connectivity index (χ1n) is 8.81. The molecule has 0 saturated carbocycles. The molecule has 1 aromatic heterocycles. The Morgan fingerprint density at radius 1 is 1.17 bits per heavy atom. The van der Waals surface area contributed by atoms with Gasteiger partial charge in [-0.2, -0.15) is 0 Å². The lowest BCUT2D eigenvalue weighted by molar-refractivity contribution is -0.137. The quantitative estimate of drug-likeness (QED) is 0.538. The number of carboxylic acids is 1. The number of rotatable bonds is 5. The van der Waals surface area contributed by atoms with Gasteiger partial charge in [-0.1, -0.05) is 53.6 Å². The number of thiocarbonyl (C=S) groups is 1. The van der Waals surface area contributed by atoms with Crippen molar-refractivity contribution in [3.05, 3.63) is 63.8 Å². The van der Waals surface area contributed by atoms with Crippen molar-refractivity contribution in [1.82, 2.24) is 9.88 Å². The van der Waals surface area contributed by atoms with E-state index in [4.69, 9.17) is 28.9 Å². The number of nitrogens with zero attached hydrogens (tertiary/aromatic N) is 1. The predicted molar refractivity (Wildman–Crippen MR) is 116 cm³/mol. The van der Waals surface area contributed by atoms with Gasteiger partial charge in [-0.3, -0.25) is 9.59 Å². The van der Waals surface area contributed by atoms with Crippen molar-refractivity contribution >= 4 is 51.6 Å². The Kier molecular flexibility index (Phi) is 5.91. The number of halogens is 1. The van der Waals surface area contributed by atoms with Crippen LogP contribution in [0.1, 0.15) is 22.4 Å². The molecule has 1 amide bonds. The normalized spacial score (nSPS) is 10.9. The molecule has 0 aliphatic heterocycles. The second-order valence-electron chi connectivity index (χ2n) is 6.74. The summed E-state index contributed by atoms with van der Waals surface area (Å²) in [6, 6.07) is 10.9. The van der Waals surface area contributed by atoms with Crippen LogP contribution in [0.4, 0.5) is 0 Å². The molecule has 0 aliphatic rings. The number of carbonyl (C=O) groups excluding carboxylic acids is 1. The number of nitrogens with one attached hydrogen (secondary N) is 1. The number of aliphatic carboxylic acids is 1. The van der Waals surface area contributed by atoms with Crippen LogP contribution >= 0.6 is 23.8 Å². The minimum absolute atomic E-state index is 0.0554. The number of aromatic nitrogens is 1. The van der Waals surface area contributed by atoms with Crippen LogP contribution in [0.3, 0.4) is 0 Å². The first-order chi connectivity index (χ1) is 13.7. The molecular formula is C21H19ClN2O4S. The minimum atomic E-state index is -1.12. The molecule has 29 heavy (non-hydrogen) atoms. The van der Waals surface area contributed by atoms with Gasteiger partial charge in [0.05, 0.1) is 17.0 Å². The van der Waals surface area contributed by atoms with Crippen LogP contribution in [0, 0.1) is 13.8 Å². The van der Waals surface area contributed by atoms with Crippen LogP contribution in [-0.4, -0.2) is 38.2 Å². The van der Waals surface area contributed by atoms with E-state index >= 15 is 0 Å². The predicted octanol–water partition coefficient (Wildman–Crippen LogP) is 3.58. The van der Waals surface area contributed by atoms with Gasteiger partial charge >= 0.3 is 5.97 Å². The molecule has 3 rings (SSSR count). The highest BCUT2D eigenvalue weighted by atomic mass is 35.5. The average molecular weight is 431 g/mol. The van der Waals surface area contributed by atoms with Gasteiger partial charge in [0, 0.05) is 16.6 Å². The summed E-state index contributed by atoms with van der Waals surface area (Å²) in [4.78, 5) is 23.5. The number of fused-ring (bicyclic) bond motifs is 1. The van der Waals surface area contributed by atoms with Gasteiger partial charge in [0.15, 0.2) is 0 Å². The van der Waals surface area contributed by atoms with Crippen LogP contribution in [0.5, 0.6) is 5.75 Å². The van der Waals surface area contributed by atoms with Crippen molar-refractivity contribution in [3.8, 4) is 5.75 Å². The summed E-state index contributed by atoms with van der Waals surface area (Å²) < 4.78 is 1.82. The van der Waals surface area contributed by atoms with E-state index in [0.29, 0.717) is 21.5 Å². The number of amides is 1. The van der Waals surface area contributed by atoms with Crippen LogP contribution in [0.2, 0.25) is 5.02 Å². The first kappa shape index (κ1) is 20.8. The lowest BCUT2D eigenvalue weighted by Gasteiger charge is -2.11. The molecule has 0 atom stereocenters. The Morgan fingerprint density at radius 2 is 1.83 bits per heavy atom. The summed E-state index contributed by atoms with van der Waals surface area (Å²) >= 11 is 11.8. The zero-order valence-corrected chi connectivity index (χ0v) is 17.4. The molecule has 0 radical (unpaired) electrons. The molecule has 3 N–H and O–H groups in total. The maximum atomic E-state index is 12.2. The fourth-order valence-corrected chi connectivity index (χ4v) is 3.73. The lowest BCUT2D eigenvalue weighted by Crippen LogP contribution is -2.30. The van der Waals surface area contributed by atoms with E-state index in [-0.39, 0.29) is 17.2 Å². The number of carbonyl (C=O) groups is 2. The smallest absolute Gasteiger partial charge is 0.322 e. The average Bonchev–Trinajstić information content (AvgIpc) is 2.91. The van der Waals surface area contributed by atoms with E-state index in [1.54, 1.807) is 6.07 Å². The molecule has 6 nitrogen and oxygen atoms in total. The van der Waals surface area contributed by atoms with Crippen molar-refractivity contribution in [1.29, 1.82) is 0 Å². The van der Waals surface area contributed by atoms with Crippen molar-refractivity contribution in [3.63, 3.8) is 0 Å². The highest BCUT2D eigenvalue weighted by molar-refractivity contribution is 7.80. The van der Waals surface area contributed by atoms with E-state index in [1.807, 2.05) is 42.7 Å². The van der Waals surface area contributed by atoms with Gasteiger partial charge in [0.25, 0.3) is 0 Å². The van der Waals surface area contributed by atoms with E-state index in [9.17, 15) is 14.7 Å². The van der Waals surface area contributed by atoms with E-state index in [2.05, 4.69) is 5.32 Å². The van der Waals surface area contributed by atoms with Crippen LogP contribution < -0.4 is 5.32 Å². The maximum absolute atomic E-state index is 12.2. The summed E-state index contributed by atoms with van der Waals surface area (Å²) in [6.07, 6.45) is -0.0554. The van der Waals surface area contributed by atoms with Crippen LogP contribution in [0.25, 0.3) is 10.9 Å². The van der Waals surface area contributed by atoms with E-state index in [1.165, 1.54) is 6.07 Å². The largest absolute Gasteiger partial charge is 0.506 e. The third-order valence-electron chi connectivity index (χ3n) is 4.68. The molecule has 3 aromatic rings. The number of carboxylic acid groups (broad SMARTS) is 1. The minimum Gasteiger partial charge on any atom is -0.506 e. The summed E-state index contributed by atoms with van der Waals surface area (Å²) in [5, 5.41) is 22.0. The monoisotopic (exact) mass is 430 g/mol. The molecule has 8 heteroatoms. The van der Waals surface area contributed by atoms with Crippen LogP contribution in [0.15, 0.2) is 36.4 Å². The van der Waals surface area contributed by atoms with Crippen molar-refractivity contribution in [2.75, 3.05) is 6.54 Å². The third-order valence-corrected chi connectivity index (χ3v) is 5.40. The second-order valence-corrected chi connectivity index (χ2v) is 7.53. The van der Waals surface area contributed by atoms with Crippen LogP contribution in [-0.2, 0) is 16.0 Å². The first-order valence-corrected chi connectivity index (χ1v) is 9.60. The van der Waals surface area contributed by atoms with Crippen molar-refractivity contribution in [2.24, 2.45) is 0 Å². The van der Waals surface area contributed by atoms with Gasteiger partial charge in [-0.15, -0.1) is 0 Å². The number of phenols is 1. The molecule has 0 fully saturated rings. The van der Waals surface area contributed by atoms with Crippen molar-refractivity contribution in [2.45, 2.75) is 20.3 Å².